The van der Waals surface area contributed by atoms with Gasteiger partial charge >= 0.3 is 5.97 Å². The van der Waals surface area contributed by atoms with Gasteiger partial charge in [-0.25, -0.2) is 4.98 Å². The quantitative estimate of drug-likeness (QED) is 0.446. The third-order valence-electron chi connectivity index (χ3n) is 5.01. The van der Waals surface area contributed by atoms with Gasteiger partial charge in [-0.15, -0.1) is 0 Å². The molecule has 3 aromatic rings. The summed E-state index contributed by atoms with van der Waals surface area (Å²) in [5.41, 5.74) is 4.28. The van der Waals surface area contributed by atoms with Crippen LogP contribution in [-0.2, 0) is 16.6 Å². The van der Waals surface area contributed by atoms with Crippen molar-refractivity contribution in [3.63, 3.8) is 0 Å². The lowest BCUT2D eigenvalue weighted by Crippen LogP contribution is -2.10. The predicted molar refractivity (Wildman–Crippen MR) is 116 cm³/mol. The summed E-state index contributed by atoms with van der Waals surface area (Å²) in [6, 6.07) is 18.6. The molecule has 29 heavy (non-hydrogen) atoms. The summed E-state index contributed by atoms with van der Waals surface area (Å²) in [4.78, 5) is 15.4. The molecule has 0 saturated heterocycles. The number of oxazole rings is 1. The molecule has 0 radical (unpaired) electrons. The van der Waals surface area contributed by atoms with Crippen LogP contribution in [-0.4, -0.2) is 16.1 Å². The molecule has 0 aliphatic rings. The summed E-state index contributed by atoms with van der Waals surface area (Å²) in [5, 5.41) is 8.76. The fraction of sp³-hybridized carbons (Fsp3) is 0.360. The highest BCUT2D eigenvalue weighted by Crippen LogP contribution is 2.34. The van der Waals surface area contributed by atoms with Gasteiger partial charge in [0, 0.05) is 24.0 Å². The number of rotatable bonds is 8. The molecule has 1 heterocycles. The third kappa shape index (κ3) is 5.57. The number of carbonyl (C=O) groups is 1. The second-order valence-electron chi connectivity index (χ2n) is 8.43. The van der Waals surface area contributed by atoms with Crippen LogP contribution in [0.2, 0.25) is 0 Å². The van der Waals surface area contributed by atoms with Crippen LogP contribution in [0.1, 0.15) is 57.9 Å². The molecule has 0 aliphatic carbocycles. The van der Waals surface area contributed by atoms with Gasteiger partial charge in [0.25, 0.3) is 0 Å². The van der Waals surface area contributed by atoms with Crippen LogP contribution in [0.5, 0.6) is 0 Å². The van der Waals surface area contributed by atoms with Crippen molar-refractivity contribution in [1.29, 1.82) is 0 Å². The molecule has 1 aromatic heterocycles. The van der Waals surface area contributed by atoms with Crippen molar-refractivity contribution in [2.75, 3.05) is 0 Å². The number of benzene rings is 2. The first kappa shape index (κ1) is 20.8. The largest absolute Gasteiger partial charge is 0.481 e. The average molecular weight is 392 g/mol. The summed E-state index contributed by atoms with van der Waals surface area (Å²) in [6.45, 7) is 6.61. The van der Waals surface area contributed by atoms with Gasteiger partial charge in [0.2, 0.25) is 0 Å². The summed E-state index contributed by atoms with van der Waals surface area (Å²) in [5.74, 6) is 0.750. The summed E-state index contributed by atoms with van der Waals surface area (Å²) in [6.07, 6.45) is 3.32. The molecule has 1 N–H and O–H groups in total. The Hall–Kier alpha value is -2.88. The lowest BCUT2D eigenvalue weighted by molar-refractivity contribution is -0.137. The van der Waals surface area contributed by atoms with Gasteiger partial charge in [-0.3, -0.25) is 4.79 Å². The maximum atomic E-state index is 10.6. The van der Waals surface area contributed by atoms with Crippen LogP contribution in [0.4, 0.5) is 0 Å². The van der Waals surface area contributed by atoms with Gasteiger partial charge in [0.15, 0.2) is 11.7 Å². The minimum Gasteiger partial charge on any atom is -0.481 e. The third-order valence-corrected chi connectivity index (χ3v) is 5.01. The van der Waals surface area contributed by atoms with Crippen molar-refractivity contribution >= 4 is 5.97 Å². The zero-order valence-corrected chi connectivity index (χ0v) is 17.4. The number of aromatic nitrogens is 1. The molecule has 0 saturated carbocycles. The molecule has 2 aromatic carbocycles. The van der Waals surface area contributed by atoms with E-state index in [1.165, 1.54) is 5.56 Å². The van der Waals surface area contributed by atoms with Crippen LogP contribution >= 0.6 is 0 Å². The molecule has 0 bridgehead atoms. The SMILES string of the molecule is CC(C)(C)c1ccc(-c2oc(CCCCCC(=O)O)nc2-c2ccccc2)cc1. The van der Waals surface area contributed by atoms with Gasteiger partial charge in [0.05, 0.1) is 0 Å². The number of unbranched alkanes of at least 4 members (excludes halogenated alkanes) is 2. The van der Waals surface area contributed by atoms with E-state index in [4.69, 9.17) is 14.5 Å². The van der Waals surface area contributed by atoms with Crippen LogP contribution < -0.4 is 0 Å². The van der Waals surface area contributed by atoms with Crippen molar-refractivity contribution in [2.45, 2.75) is 58.3 Å². The van der Waals surface area contributed by atoms with Crippen LogP contribution in [0.3, 0.4) is 0 Å². The minimum atomic E-state index is -0.742. The second kappa shape index (κ2) is 9.08. The zero-order chi connectivity index (χ0) is 20.9. The Morgan fingerprint density at radius 3 is 2.24 bits per heavy atom. The van der Waals surface area contributed by atoms with Crippen molar-refractivity contribution in [3.05, 3.63) is 66.1 Å². The molecule has 3 rings (SSSR count). The summed E-state index contributed by atoms with van der Waals surface area (Å²) in [7, 11) is 0. The first-order chi connectivity index (χ1) is 13.8. The topological polar surface area (TPSA) is 63.3 Å². The van der Waals surface area contributed by atoms with Gasteiger partial charge in [-0.1, -0.05) is 81.8 Å². The van der Waals surface area contributed by atoms with Crippen LogP contribution in [0.25, 0.3) is 22.6 Å². The Balaban J connectivity index is 1.84. The number of aliphatic carboxylic acids is 1. The maximum absolute atomic E-state index is 10.6. The molecule has 0 amide bonds. The Labute approximate surface area is 172 Å². The van der Waals surface area contributed by atoms with Gasteiger partial charge in [0.1, 0.15) is 5.69 Å². The average Bonchev–Trinajstić information content (AvgIpc) is 3.12. The molecule has 152 valence electrons. The number of aryl methyl sites for hydroxylation is 1. The molecule has 0 unspecified atom stereocenters. The lowest BCUT2D eigenvalue weighted by atomic mass is 9.86. The van der Waals surface area contributed by atoms with E-state index in [1.54, 1.807) is 0 Å². The van der Waals surface area contributed by atoms with E-state index in [9.17, 15) is 4.79 Å². The Morgan fingerprint density at radius 1 is 0.931 bits per heavy atom. The zero-order valence-electron chi connectivity index (χ0n) is 17.4. The predicted octanol–water partition coefficient (Wildman–Crippen LogP) is 6.49. The van der Waals surface area contributed by atoms with Crippen molar-refractivity contribution in [3.8, 4) is 22.6 Å². The highest BCUT2D eigenvalue weighted by molar-refractivity contribution is 5.77. The molecule has 0 fully saturated rings. The molecular formula is C25H29NO3. The molecule has 4 nitrogen and oxygen atoms in total. The molecule has 4 heteroatoms. The van der Waals surface area contributed by atoms with Gasteiger partial charge in [-0.05, 0) is 23.8 Å². The molecule has 0 atom stereocenters. The highest BCUT2D eigenvalue weighted by atomic mass is 16.4. The maximum Gasteiger partial charge on any atom is 0.303 e. The number of nitrogens with zero attached hydrogens (tertiary/aromatic N) is 1. The van der Waals surface area contributed by atoms with E-state index in [1.807, 2.05) is 30.3 Å². The van der Waals surface area contributed by atoms with E-state index in [2.05, 4.69) is 45.0 Å². The molecule has 0 aliphatic heterocycles. The summed E-state index contributed by atoms with van der Waals surface area (Å²) >= 11 is 0. The van der Waals surface area contributed by atoms with E-state index in [-0.39, 0.29) is 11.8 Å². The fourth-order valence-electron chi connectivity index (χ4n) is 3.31. The van der Waals surface area contributed by atoms with Crippen molar-refractivity contribution in [1.82, 2.24) is 4.98 Å². The standard InChI is InChI=1S/C25H29NO3/c1-25(2,3)20-16-14-19(15-17-20)24-23(18-10-6-4-7-11-18)26-21(29-24)12-8-5-9-13-22(27)28/h4,6-7,10-11,14-17H,5,8-9,12-13H2,1-3H3,(H,27,28). The summed E-state index contributed by atoms with van der Waals surface area (Å²) < 4.78 is 6.18. The van der Waals surface area contributed by atoms with Crippen LogP contribution in [0.15, 0.2) is 59.0 Å². The minimum absolute atomic E-state index is 0.101. The monoisotopic (exact) mass is 391 g/mol. The van der Waals surface area contributed by atoms with E-state index in [0.29, 0.717) is 18.7 Å². The Kier molecular flexibility index (Phi) is 6.53. The van der Waals surface area contributed by atoms with Crippen LogP contribution in [0, 0.1) is 0 Å². The molecular weight excluding hydrogens is 362 g/mol. The number of hydrogen-bond acceptors (Lipinski definition) is 3. The Morgan fingerprint density at radius 2 is 1.62 bits per heavy atom. The normalized spacial score (nSPS) is 11.6. The lowest BCUT2D eigenvalue weighted by Gasteiger charge is -2.19. The molecule has 0 spiro atoms. The van der Waals surface area contributed by atoms with E-state index < -0.39 is 5.97 Å². The first-order valence-corrected chi connectivity index (χ1v) is 10.2. The smallest absolute Gasteiger partial charge is 0.303 e. The number of carboxylic acids is 1. The fourth-order valence-corrected chi connectivity index (χ4v) is 3.31. The first-order valence-electron chi connectivity index (χ1n) is 10.2. The Bertz CT molecular complexity index is 934. The van der Waals surface area contributed by atoms with E-state index >= 15 is 0 Å². The van der Waals surface area contributed by atoms with Gasteiger partial charge in [-0.2, -0.15) is 0 Å². The highest BCUT2D eigenvalue weighted by Gasteiger charge is 2.18. The number of hydrogen-bond donors (Lipinski definition) is 1. The van der Waals surface area contributed by atoms with E-state index in [0.717, 1.165) is 35.4 Å². The van der Waals surface area contributed by atoms with Gasteiger partial charge < -0.3 is 9.52 Å². The van der Waals surface area contributed by atoms with Crippen molar-refractivity contribution < 1.29 is 14.3 Å². The van der Waals surface area contributed by atoms with Crippen molar-refractivity contribution in [2.24, 2.45) is 0 Å². The number of carboxylic acid groups (broad SMARTS) is 1. The second-order valence-corrected chi connectivity index (χ2v) is 8.43.